The van der Waals surface area contributed by atoms with Gasteiger partial charge >= 0.3 is 0 Å². The Kier molecular flexibility index (Phi) is 9.68. The van der Waals surface area contributed by atoms with Gasteiger partial charge in [0.1, 0.15) is 16.7 Å². The SMILES string of the molecule is CCN1C(=O)[C@@H](CNc2ccc(CCN3CCN(C)CC3)cc2)SC1[C@H](N)C(=O)NC1CCCc2ccccc21. The maximum absolute atomic E-state index is 13.3. The van der Waals surface area contributed by atoms with E-state index < -0.39 is 6.04 Å². The number of piperazine rings is 1. The summed E-state index contributed by atoms with van der Waals surface area (Å²) >= 11 is 1.50. The lowest BCUT2D eigenvalue weighted by atomic mass is 9.87. The minimum absolute atomic E-state index is 0.0253. The summed E-state index contributed by atoms with van der Waals surface area (Å²) in [6, 6.07) is 16.0. The maximum Gasteiger partial charge on any atom is 0.240 e. The van der Waals surface area contributed by atoms with Gasteiger partial charge in [-0.15, -0.1) is 11.8 Å². The molecule has 2 aromatic carbocycles. The number of anilines is 1. The molecule has 2 heterocycles. The number of rotatable bonds is 10. The van der Waals surface area contributed by atoms with Crippen molar-refractivity contribution >= 4 is 29.3 Å². The van der Waals surface area contributed by atoms with Crippen LogP contribution in [-0.4, -0.2) is 96.0 Å². The molecule has 3 aliphatic rings. The van der Waals surface area contributed by atoms with E-state index in [0.717, 1.165) is 64.1 Å². The predicted molar refractivity (Wildman–Crippen MR) is 163 cm³/mol. The summed E-state index contributed by atoms with van der Waals surface area (Å²) in [6.07, 6.45) is 4.03. The molecule has 2 aromatic rings. The number of amides is 2. The largest absolute Gasteiger partial charge is 0.383 e. The van der Waals surface area contributed by atoms with Crippen LogP contribution in [0.25, 0.3) is 0 Å². The van der Waals surface area contributed by atoms with Gasteiger partial charge in [-0.05, 0) is 68.5 Å². The number of nitrogens with one attached hydrogen (secondary N) is 2. The van der Waals surface area contributed by atoms with Gasteiger partial charge in [0, 0.05) is 51.5 Å². The maximum atomic E-state index is 13.3. The van der Waals surface area contributed by atoms with Crippen LogP contribution < -0.4 is 16.4 Å². The van der Waals surface area contributed by atoms with Gasteiger partial charge in [0.15, 0.2) is 0 Å². The molecule has 9 heteroatoms. The van der Waals surface area contributed by atoms with Gasteiger partial charge in [-0.1, -0.05) is 36.4 Å². The van der Waals surface area contributed by atoms with E-state index in [-0.39, 0.29) is 28.5 Å². The fourth-order valence-electron chi connectivity index (χ4n) is 6.02. The molecule has 0 spiro atoms. The lowest BCUT2D eigenvalue weighted by Gasteiger charge is -2.32. The molecule has 40 heavy (non-hydrogen) atoms. The molecule has 2 saturated heterocycles. The van der Waals surface area contributed by atoms with E-state index >= 15 is 0 Å². The number of thioether (sulfide) groups is 1. The highest BCUT2D eigenvalue weighted by Crippen LogP contribution is 2.34. The molecular weight excluding hydrogens is 520 g/mol. The Morgan fingerprint density at radius 2 is 1.85 bits per heavy atom. The van der Waals surface area contributed by atoms with E-state index in [1.807, 2.05) is 19.1 Å². The van der Waals surface area contributed by atoms with Crippen LogP contribution in [0.15, 0.2) is 48.5 Å². The average Bonchev–Trinajstić information content (AvgIpc) is 3.30. The van der Waals surface area contributed by atoms with E-state index in [4.69, 9.17) is 5.73 Å². The Bertz CT molecular complexity index is 1150. The van der Waals surface area contributed by atoms with Gasteiger partial charge in [0.2, 0.25) is 11.8 Å². The van der Waals surface area contributed by atoms with E-state index in [9.17, 15) is 9.59 Å². The standard InChI is InChI=1S/C31H44N6O2S/c1-3-37-30(39)27(21-33-24-13-11-22(12-14-24)15-16-36-19-17-35(2)18-20-36)40-31(37)28(32)29(38)34-26-10-6-8-23-7-4-5-9-25(23)26/h4-5,7,9,11-14,26-28,31,33H,3,6,8,10,15-21,32H2,1-2H3,(H,34,38)/t26?,27-,28-,31?/m1/s1. The highest BCUT2D eigenvalue weighted by molar-refractivity contribution is 8.01. The topological polar surface area (TPSA) is 93.9 Å². The van der Waals surface area contributed by atoms with E-state index in [1.54, 1.807) is 4.90 Å². The zero-order valence-corrected chi connectivity index (χ0v) is 24.7. The minimum atomic E-state index is -0.785. The lowest BCUT2D eigenvalue weighted by Crippen LogP contribution is -2.53. The van der Waals surface area contributed by atoms with Crippen molar-refractivity contribution in [2.75, 3.05) is 58.2 Å². The third kappa shape index (κ3) is 6.82. The van der Waals surface area contributed by atoms with Crippen molar-refractivity contribution < 1.29 is 9.59 Å². The Hall–Kier alpha value is -2.59. The second-order valence-electron chi connectivity index (χ2n) is 11.3. The average molecular weight is 565 g/mol. The Labute approximate surface area is 243 Å². The van der Waals surface area contributed by atoms with Crippen LogP contribution in [0.2, 0.25) is 0 Å². The normalized spacial score (nSPS) is 24.5. The molecule has 0 bridgehead atoms. The summed E-state index contributed by atoms with van der Waals surface area (Å²) < 4.78 is 0. The molecule has 1 aliphatic carbocycles. The number of nitrogens with two attached hydrogens (primary N) is 1. The highest BCUT2D eigenvalue weighted by Gasteiger charge is 2.44. The first-order chi connectivity index (χ1) is 19.4. The van der Waals surface area contributed by atoms with Crippen molar-refractivity contribution in [1.82, 2.24) is 20.0 Å². The Morgan fingerprint density at radius 1 is 1.10 bits per heavy atom. The number of hydrogen-bond donors (Lipinski definition) is 3. The summed E-state index contributed by atoms with van der Waals surface area (Å²) in [4.78, 5) is 33.2. The zero-order valence-electron chi connectivity index (χ0n) is 23.9. The third-order valence-corrected chi connectivity index (χ3v) is 10.1. The molecular formula is C31H44N6O2S. The molecule has 4 atom stereocenters. The molecule has 5 rings (SSSR count). The molecule has 0 aromatic heterocycles. The van der Waals surface area contributed by atoms with Crippen LogP contribution in [0.1, 0.15) is 42.5 Å². The summed E-state index contributed by atoms with van der Waals surface area (Å²) in [5.74, 6) is -0.147. The van der Waals surface area contributed by atoms with E-state index in [0.29, 0.717) is 13.1 Å². The van der Waals surface area contributed by atoms with Crippen molar-refractivity contribution in [3.05, 3.63) is 65.2 Å². The molecule has 8 nitrogen and oxygen atoms in total. The summed E-state index contributed by atoms with van der Waals surface area (Å²) in [5.41, 5.74) is 11.3. The molecule has 2 fully saturated rings. The number of nitrogens with zero attached hydrogens (tertiary/aromatic N) is 3. The van der Waals surface area contributed by atoms with Crippen LogP contribution in [0, 0.1) is 0 Å². The van der Waals surface area contributed by atoms with E-state index in [1.165, 1.54) is 28.5 Å². The van der Waals surface area contributed by atoms with Crippen molar-refractivity contribution in [3.63, 3.8) is 0 Å². The van der Waals surface area contributed by atoms with Gasteiger partial charge in [0.05, 0.1) is 6.04 Å². The Morgan fingerprint density at radius 3 is 2.60 bits per heavy atom. The smallest absolute Gasteiger partial charge is 0.240 e. The highest BCUT2D eigenvalue weighted by atomic mass is 32.2. The lowest BCUT2D eigenvalue weighted by molar-refractivity contribution is -0.131. The molecule has 0 saturated carbocycles. The Balaban J connectivity index is 1.12. The molecule has 0 radical (unpaired) electrons. The van der Waals surface area contributed by atoms with E-state index in [2.05, 4.69) is 63.9 Å². The number of fused-ring (bicyclic) bond motifs is 1. The van der Waals surface area contributed by atoms with Crippen LogP contribution in [-0.2, 0) is 22.4 Å². The molecule has 2 unspecified atom stereocenters. The van der Waals surface area contributed by atoms with Gasteiger partial charge in [0.25, 0.3) is 0 Å². The number of carbonyl (C=O) groups is 2. The van der Waals surface area contributed by atoms with Crippen molar-refractivity contribution in [3.8, 4) is 0 Å². The third-order valence-electron chi connectivity index (χ3n) is 8.56. The summed E-state index contributed by atoms with van der Waals surface area (Å²) in [5, 5.41) is 5.97. The first-order valence-corrected chi connectivity index (χ1v) is 15.7. The van der Waals surface area contributed by atoms with Gasteiger partial charge in [-0.25, -0.2) is 0 Å². The van der Waals surface area contributed by atoms with Crippen LogP contribution in [0.3, 0.4) is 0 Å². The molecule has 2 aliphatic heterocycles. The fraction of sp³-hybridized carbons (Fsp3) is 0.548. The van der Waals surface area contributed by atoms with Crippen LogP contribution >= 0.6 is 11.8 Å². The number of benzene rings is 2. The number of likely N-dealkylation sites (N-methyl/N-ethyl adjacent to an activating group) is 2. The number of hydrogen-bond acceptors (Lipinski definition) is 7. The van der Waals surface area contributed by atoms with Gasteiger partial charge < -0.3 is 31.1 Å². The molecule has 4 N–H and O–H groups in total. The first-order valence-electron chi connectivity index (χ1n) is 14.8. The number of carbonyl (C=O) groups excluding carboxylic acids is 2. The monoisotopic (exact) mass is 564 g/mol. The summed E-state index contributed by atoms with van der Waals surface area (Å²) in [6.45, 7) is 8.62. The van der Waals surface area contributed by atoms with Crippen molar-refractivity contribution in [2.45, 2.75) is 55.3 Å². The molecule has 2 amide bonds. The van der Waals surface area contributed by atoms with Gasteiger partial charge in [-0.3, -0.25) is 9.59 Å². The quantitative estimate of drug-likeness (QED) is 0.409. The van der Waals surface area contributed by atoms with Crippen LogP contribution in [0.5, 0.6) is 0 Å². The molecule has 216 valence electrons. The van der Waals surface area contributed by atoms with Crippen molar-refractivity contribution in [1.29, 1.82) is 0 Å². The van der Waals surface area contributed by atoms with Crippen molar-refractivity contribution in [2.24, 2.45) is 5.73 Å². The fourth-order valence-corrected chi connectivity index (χ4v) is 7.48. The van der Waals surface area contributed by atoms with Crippen LogP contribution in [0.4, 0.5) is 5.69 Å². The first kappa shape index (κ1) is 28.9. The second-order valence-corrected chi connectivity index (χ2v) is 12.6. The minimum Gasteiger partial charge on any atom is -0.383 e. The summed E-state index contributed by atoms with van der Waals surface area (Å²) in [7, 11) is 2.18. The zero-order chi connectivity index (χ0) is 28.1. The predicted octanol–water partition coefficient (Wildman–Crippen LogP) is 2.70. The second kappa shape index (κ2) is 13.4. The number of aryl methyl sites for hydroxylation is 1. The van der Waals surface area contributed by atoms with Gasteiger partial charge in [-0.2, -0.15) is 0 Å².